The number of methoxy groups -OCH3 is 1. The molecule has 0 amide bonds. The third-order valence-electron chi connectivity index (χ3n) is 1.66. The number of rotatable bonds is 8. The summed E-state index contributed by atoms with van der Waals surface area (Å²) in [5.74, 6) is 0.410. The molecular formula is C7H18NO5PS2. The quantitative estimate of drug-likeness (QED) is 0.497. The summed E-state index contributed by atoms with van der Waals surface area (Å²) in [4.78, 5) is 0. The number of sulfonamides is 1. The summed E-state index contributed by atoms with van der Waals surface area (Å²) >= 11 is 0.963. The Kier molecular flexibility index (Phi) is 7.16. The van der Waals surface area contributed by atoms with E-state index in [4.69, 9.17) is 9.26 Å². The van der Waals surface area contributed by atoms with E-state index in [2.05, 4.69) is 0 Å². The van der Waals surface area contributed by atoms with Crippen molar-refractivity contribution in [1.82, 2.24) is 4.08 Å². The molecule has 0 aliphatic rings. The molecule has 0 saturated carbocycles. The molecule has 6 nitrogen and oxygen atoms in total. The lowest BCUT2D eigenvalue weighted by molar-refractivity contribution is 0.218. The van der Waals surface area contributed by atoms with Crippen LogP contribution < -0.4 is 0 Å². The fourth-order valence-corrected chi connectivity index (χ4v) is 7.03. The van der Waals surface area contributed by atoms with Crippen LogP contribution >= 0.6 is 18.1 Å². The minimum absolute atomic E-state index is 0.192. The van der Waals surface area contributed by atoms with E-state index >= 15 is 0 Å². The highest BCUT2D eigenvalue weighted by Gasteiger charge is 2.35. The van der Waals surface area contributed by atoms with Gasteiger partial charge in [0.05, 0.1) is 19.5 Å². The first-order chi connectivity index (χ1) is 7.28. The number of ether oxygens (including phenoxy) is 1. The first-order valence-corrected chi connectivity index (χ1v) is 9.62. The Morgan fingerprint density at radius 3 is 2.38 bits per heavy atom. The molecule has 0 aromatic carbocycles. The molecule has 16 heavy (non-hydrogen) atoms. The number of hydrogen-bond donors (Lipinski definition) is 0. The van der Waals surface area contributed by atoms with Crippen molar-refractivity contribution < 1.29 is 22.2 Å². The minimum atomic E-state index is -3.54. The minimum Gasteiger partial charge on any atom is -0.384 e. The molecule has 0 N–H and O–H groups in total. The van der Waals surface area contributed by atoms with Gasteiger partial charge in [-0.2, -0.15) is 0 Å². The molecule has 0 aromatic rings. The molecule has 0 radical (unpaired) electrons. The van der Waals surface area contributed by atoms with Gasteiger partial charge < -0.3 is 9.26 Å². The molecule has 0 aromatic heterocycles. The van der Waals surface area contributed by atoms with Crippen LogP contribution in [0.4, 0.5) is 0 Å². The summed E-state index contributed by atoms with van der Waals surface area (Å²) in [6.45, 7) is -1.13. The van der Waals surface area contributed by atoms with Gasteiger partial charge in [0.2, 0.25) is 10.0 Å². The standard InChI is InChI=1S/C7H18NO5PS2/c1-5-13-14(9,15-7-6-12-3)8(2)16(4,10)11/h5-7H2,1-4H3. The third-order valence-corrected chi connectivity index (χ3v) is 8.99. The maximum Gasteiger partial charge on any atom is 0.342 e. The lowest BCUT2D eigenvalue weighted by Crippen LogP contribution is -2.22. The molecule has 1 unspecified atom stereocenters. The highest BCUT2D eigenvalue weighted by Crippen LogP contribution is 2.62. The van der Waals surface area contributed by atoms with E-state index in [1.807, 2.05) is 0 Å². The molecule has 0 bridgehead atoms. The highest BCUT2D eigenvalue weighted by atomic mass is 32.7. The lowest BCUT2D eigenvalue weighted by atomic mass is 10.9. The van der Waals surface area contributed by atoms with Crippen LogP contribution in [0.5, 0.6) is 0 Å². The van der Waals surface area contributed by atoms with Crippen LogP contribution in [-0.4, -0.2) is 51.9 Å². The molecule has 0 fully saturated rings. The van der Waals surface area contributed by atoms with Crippen molar-refractivity contribution in [1.29, 1.82) is 0 Å². The summed E-state index contributed by atoms with van der Waals surface area (Å²) in [6.07, 6.45) is 0.996. The summed E-state index contributed by atoms with van der Waals surface area (Å²) in [6, 6.07) is 0. The van der Waals surface area contributed by atoms with Gasteiger partial charge in [-0.15, -0.1) is 4.08 Å². The van der Waals surface area contributed by atoms with Crippen LogP contribution in [-0.2, 0) is 23.8 Å². The number of nitrogens with zero attached hydrogens (tertiary/aromatic N) is 1. The van der Waals surface area contributed by atoms with Gasteiger partial charge in [0.15, 0.2) is 0 Å². The Balaban J connectivity index is 4.75. The molecule has 0 spiro atoms. The van der Waals surface area contributed by atoms with E-state index in [9.17, 15) is 13.0 Å². The van der Waals surface area contributed by atoms with Gasteiger partial charge in [-0.1, -0.05) is 11.4 Å². The predicted octanol–water partition coefficient (Wildman–Crippen LogP) is 1.40. The van der Waals surface area contributed by atoms with Crippen molar-refractivity contribution in [3.63, 3.8) is 0 Å². The second kappa shape index (κ2) is 6.98. The van der Waals surface area contributed by atoms with E-state index < -0.39 is 16.7 Å². The van der Waals surface area contributed by atoms with Crippen LogP contribution in [0.3, 0.4) is 0 Å². The van der Waals surface area contributed by atoms with Crippen LogP contribution in [0, 0.1) is 0 Å². The van der Waals surface area contributed by atoms with Crippen LogP contribution in [0.2, 0.25) is 0 Å². The molecule has 0 saturated heterocycles. The number of hydrogen-bond acceptors (Lipinski definition) is 6. The lowest BCUT2D eigenvalue weighted by Gasteiger charge is -2.24. The van der Waals surface area contributed by atoms with Gasteiger partial charge >= 0.3 is 6.72 Å². The molecule has 0 aliphatic heterocycles. The summed E-state index contributed by atoms with van der Waals surface area (Å²) in [5.41, 5.74) is 0. The normalized spacial score (nSPS) is 16.3. The fourth-order valence-electron chi connectivity index (χ4n) is 0.781. The van der Waals surface area contributed by atoms with Crippen molar-refractivity contribution in [2.24, 2.45) is 0 Å². The Bertz CT molecular complexity index is 345. The molecule has 0 heterocycles. The van der Waals surface area contributed by atoms with E-state index in [1.165, 1.54) is 14.2 Å². The first-order valence-electron chi connectivity index (χ1n) is 4.60. The Labute approximate surface area is 101 Å². The average molecular weight is 291 g/mol. The average Bonchev–Trinajstić information content (AvgIpc) is 2.16. The maximum absolute atomic E-state index is 12.3. The second-order valence-electron chi connectivity index (χ2n) is 2.91. The topological polar surface area (TPSA) is 72.9 Å². The third kappa shape index (κ3) is 5.16. The van der Waals surface area contributed by atoms with Crippen LogP contribution in [0.1, 0.15) is 6.92 Å². The monoisotopic (exact) mass is 291 g/mol. The fraction of sp³-hybridized carbons (Fsp3) is 1.00. The van der Waals surface area contributed by atoms with E-state index in [-0.39, 0.29) is 6.61 Å². The van der Waals surface area contributed by atoms with Crippen molar-refractivity contribution in [3.05, 3.63) is 0 Å². The molecule has 0 rings (SSSR count). The van der Waals surface area contributed by atoms with Gasteiger partial charge in [0.25, 0.3) is 0 Å². The van der Waals surface area contributed by atoms with E-state index in [0.717, 1.165) is 21.7 Å². The van der Waals surface area contributed by atoms with Crippen molar-refractivity contribution >= 4 is 28.1 Å². The molecule has 98 valence electrons. The SMILES string of the molecule is CCOP(=O)(SCCOC)N(C)S(C)(=O)=O. The van der Waals surface area contributed by atoms with E-state index in [1.54, 1.807) is 6.92 Å². The van der Waals surface area contributed by atoms with Crippen LogP contribution in [0.25, 0.3) is 0 Å². The van der Waals surface area contributed by atoms with Crippen LogP contribution in [0.15, 0.2) is 0 Å². The van der Waals surface area contributed by atoms with Crippen molar-refractivity contribution in [2.45, 2.75) is 6.92 Å². The Morgan fingerprint density at radius 1 is 1.44 bits per heavy atom. The first kappa shape index (κ1) is 16.4. The molecule has 1 atom stereocenters. The van der Waals surface area contributed by atoms with Gasteiger partial charge in [-0.25, -0.2) is 8.42 Å². The Morgan fingerprint density at radius 2 is 2.00 bits per heavy atom. The molecular weight excluding hydrogens is 273 g/mol. The zero-order valence-corrected chi connectivity index (χ0v) is 12.4. The molecule has 0 aliphatic carbocycles. The smallest absolute Gasteiger partial charge is 0.342 e. The van der Waals surface area contributed by atoms with Gasteiger partial charge in [-0.3, -0.25) is 4.57 Å². The zero-order valence-electron chi connectivity index (χ0n) is 9.87. The zero-order chi connectivity index (χ0) is 12.8. The van der Waals surface area contributed by atoms with E-state index in [0.29, 0.717) is 12.4 Å². The predicted molar refractivity (Wildman–Crippen MR) is 66.2 cm³/mol. The molecule has 9 heteroatoms. The largest absolute Gasteiger partial charge is 0.384 e. The Hall–Kier alpha value is 0.410. The van der Waals surface area contributed by atoms with Gasteiger partial charge in [0, 0.05) is 19.9 Å². The summed E-state index contributed by atoms with van der Waals surface area (Å²) in [5, 5.41) is 0. The van der Waals surface area contributed by atoms with Crippen molar-refractivity contribution in [2.75, 3.05) is 39.4 Å². The summed E-state index contributed by atoms with van der Waals surface area (Å²) < 4.78 is 45.6. The summed E-state index contributed by atoms with van der Waals surface area (Å²) in [7, 11) is -0.760. The van der Waals surface area contributed by atoms with Gasteiger partial charge in [-0.05, 0) is 6.92 Å². The highest BCUT2D eigenvalue weighted by molar-refractivity contribution is 8.56. The maximum atomic E-state index is 12.3. The van der Waals surface area contributed by atoms with Crippen molar-refractivity contribution in [3.8, 4) is 0 Å². The second-order valence-corrected chi connectivity index (χ2v) is 9.81. The van der Waals surface area contributed by atoms with Gasteiger partial charge in [0.1, 0.15) is 0 Å².